The SMILES string of the molecule is [CH2]CCCCCCCCC(C)C1CCCCC1. The molecule has 0 aromatic heterocycles. The van der Waals surface area contributed by atoms with Crippen LogP contribution in [0.5, 0.6) is 0 Å². The van der Waals surface area contributed by atoms with Gasteiger partial charge >= 0.3 is 0 Å². The quantitative estimate of drug-likeness (QED) is 0.421. The fourth-order valence-electron chi connectivity index (χ4n) is 3.29. The molecule has 1 atom stereocenters. The van der Waals surface area contributed by atoms with Crippen molar-refractivity contribution in [3.05, 3.63) is 6.92 Å². The van der Waals surface area contributed by atoms with Crippen molar-refractivity contribution < 1.29 is 0 Å². The Kier molecular flexibility index (Phi) is 8.83. The van der Waals surface area contributed by atoms with E-state index in [1.54, 1.807) is 0 Å². The maximum atomic E-state index is 3.89. The van der Waals surface area contributed by atoms with E-state index in [9.17, 15) is 0 Å². The first-order valence-electron chi connectivity index (χ1n) is 8.14. The average Bonchev–Trinajstić information content (AvgIpc) is 2.38. The van der Waals surface area contributed by atoms with Crippen LogP contribution in [0.2, 0.25) is 0 Å². The van der Waals surface area contributed by atoms with Crippen molar-refractivity contribution in [3.8, 4) is 0 Å². The van der Waals surface area contributed by atoms with Crippen LogP contribution in [0.15, 0.2) is 0 Å². The van der Waals surface area contributed by atoms with Crippen molar-refractivity contribution in [2.45, 2.75) is 90.4 Å². The van der Waals surface area contributed by atoms with Gasteiger partial charge in [0.2, 0.25) is 0 Å². The molecule has 1 rings (SSSR count). The summed E-state index contributed by atoms with van der Waals surface area (Å²) in [4.78, 5) is 0. The molecule has 1 saturated carbocycles. The summed E-state index contributed by atoms with van der Waals surface area (Å²) in [7, 11) is 0. The maximum absolute atomic E-state index is 3.89. The lowest BCUT2D eigenvalue weighted by atomic mass is 9.79. The van der Waals surface area contributed by atoms with Crippen LogP contribution in [0.25, 0.3) is 0 Å². The molecule has 1 aliphatic carbocycles. The Hall–Kier alpha value is 0. The Labute approximate surface area is 110 Å². The van der Waals surface area contributed by atoms with E-state index in [4.69, 9.17) is 0 Å². The monoisotopic (exact) mass is 237 g/mol. The first-order valence-corrected chi connectivity index (χ1v) is 8.14. The average molecular weight is 237 g/mol. The van der Waals surface area contributed by atoms with Crippen LogP contribution in [0.4, 0.5) is 0 Å². The third-order valence-corrected chi connectivity index (χ3v) is 4.61. The molecule has 0 nitrogen and oxygen atoms in total. The molecule has 1 unspecified atom stereocenters. The number of hydrogen-bond donors (Lipinski definition) is 0. The Morgan fingerprint density at radius 1 is 0.882 bits per heavy atom. The third kappa shape index (κ3) is 7.11. The van der Waals surface area contributed by atoms with Crippen LogP contribution < -0.4 is 0 Å². The van der Waals surface area contributed by atoms with Gasteiger partial charge in [0.05, 0.1) is 0 Å². The lowest BCUT2D eigenvalue weighted by Crippen LogP contribution is -2.15. The zero-order valence-corrected chi connectivity index (χ0v) is 12.1. The highest BCUT2D eigenvalue weighted by Crippen LogP contribution is 2.32. The minimum atomic E-state index is 0.996. The van der Waals surface area contributed by atoms with Crippen LogP contribution in [0, 0.1) is 18.8 Å². The van der Waals surface area contributed by atoms with Crippen molar-refractivity contribution in [3.63, 3.8) is 0 Å². The van der Waals surface area contributed by atoms with Crippen LogP contribution >= 0.6 is 0 Å². The van der Waals surface area contributed by atoms with E-state index in [1.807, 2.05) is 0 Å². The largest absolute Gasteiger partial charge is 0.0622 e. The van der Waals surface area contributed by atoms with Crippen LogP contribution in [-0.4, -0.2) is 0 Å². The smallest absolute Gasteiger partial charge is 0.0388 e. The van der Waals surface area contributed by atoms with Gasteiger partial charge in [-0.2, -0.15) is 0 Å². The van der Waals surface area contributed by atoms with E-state index < -0.39 is 0 Å². The van der Waals surface area contributed by atoms with Crippen molar-refractivity contribution in [2.24, 2.45) is 11.8 Å². The second kappa shape index (κ2) is 9.97. The van der Waals surface area contributed by atoms with Crippen molar-refractivity contribution in [1.82, 2.24) is 0 Å². The van der Waals surface area contributed by atoms with E-state index >= 15 is 0 Å². The van der Waals surface area contributed by atoms with Gasteiger partial charge in [0, 0.05) is 0 Å². The molecule has 101 valence electrons. The zero-order chi connectivity index (χ0) is 12.3. The first kappa shape index (κ1) is 15.1. The van der Waals surface area contributed by atoms with E-state index in [0.717, 1.165) is 18.3 Å². The van der Waals surface area contributed by atoms with E-state index in [0.29, 0.717) is 0 Å². The fourth-order valence-corrected chi connectivity index (χ4v) is 3.29. The molecule has 1 aliphatic rings. The van der Waals surface area contributed by atoms with Gasteiger partial charge in [0.15, 0.2) is 0 Å². The highest BCUT2D eigenvalue weighted by atomic mass is 14.2. The van der Waals surface area contributed by atoms with Gasteiger partial charge in [-0.05, 0) is 11.8 Å². The minimum Gasteiger partial charge on any atom is -0.0622 e. The normalized spacial score (nSPS) is 19.4. The van der Waals surface area contributed by atoms with Gasteiger partial charge in [0.25, 0.3) is 0 Å². The summed E-state index contributed by atoms with van der Waals surface area (Å²) in [6.07, 6.45) is 18.7. The van der Waals surface area contributed by atoms with E-state index in [-0.39, 0.29) is 0 Å². The zero-order valence-electron chi connectivity index (χ0n) is 12.1. The summed E-state index contributed by atoms with van der Waals surface area (Å²) >= 11 is 0. The molecule has 0 amide bonds. The number of rotatable bonds is 9. The summed E-state index contributed by atoms with van der Waals surface area (Å²) in [5.41, 5.74) is 0. The second-order valence-electron chi connectivity index (χ2n) is 6.14. The molecule has 17 heavy (non-hydrogen) atoms. The fraction of sp³-hybridized carbons (Fsp3) is 0.941. The lowest BCUT2D eigenvalue weighted by molar-refractivity contribution is 0.247. The van der Waals surface area contributed by atoms with Gasteiger partial charge in [0.1, 0.15) is 0 Å². The number of unbranched alkanes of at least 4 members (excludes halogenated alkanes) is 6. The molecular weight excluding hydrogens is 204 g/mol. The Bertz CT molecular complexity index is 155. The molecule has 1 radical (unpaired) electrons. The molecule has 1 fully saturated rings. The van der Waals surface area contributed by atoms with E-state index in [1.165, 1.54) is 77.0 Å². The highest BCUT2D eigenvalue weighted by Gasteiger charge is 2.19. The molecule has 0 spiro atoms. The van der Waals surface area contributed by atoms with Crippen LogP contribution in [0.1, 0.15) is 90.4 Å². The topological polar surface area (TPSA) is 0 Å². The van der Waals surface area contributed by atoms with Gasteiger partial charge in [-0.3, -0.25) is 0 Å². The van der Waals surface area contributed by atoms with Crippen molar-refractivity contribution >= 4 is 0 Å². The van der Waals surface area contributed by atoms with Crippen molar-refractivity contribution in [2.75, 3.05) is 0 Å². The lowest BCUT2D eigenvalue weighted by Gasteiger charge is -2.27. The Balaban J connectivity index is 1.90. The molecule has 0 saturated heterocycles. The Morgan fingerprint density at radius 2 is 1.47 bits per heavy atom. The minimum absolute atomic E-state index is 0.996. The third-order valence-electron chi connectivity index (χ3n) is 4.61. The standard InChI is InChI=1S/C17H33/c1-3-4-5-6-7-8-10-13-16(2)17-14-11-9-12-15-17/h16-17H,1,3-15H2,2H3. The number of hydrogen-bond acceptors (Lipinski definition) is 0. The van der Waals surface area contributed by atoms with Crippen LogP contribution in [-0.2, 0) is 0 Å². The molecule has 0 aromatic carbocycles. The van der Waals surface area contributed by atoms with Gasteiger partial charge in [-0.15, -0.1) is 0 Å². The summed E-state index contributed by atoms with van der Waals surface area (Å²) in [6.45, 7) is 6.39. The van der Waals surface area contributed by atoms with E-state index in [2.05, 4.69) is 13.8 Å². The predicted octanol–water partition coefficient (Wildman–Crippen LogP) is 6.16. The van der Waals surface area contributed by atoms with Gasteiger partial charge in [-0.1, -0.05) is 97.3 Å². The highest BCUT2D eigenvalue weighted by molar-refractivity contribution is 4.71. The molecule has 0 aromatic rings. The molecule has 0 heterocycles. The second-order valence-corrected chi connectivity index (χ2v) is 6.14. The van der Waals surface area contributed by atoms with Gasteiger partial charge in [-0.25, -0.2) is 0 Å². The molecular formula is C17H33. The summed E-state index contributed by atoms with van der Waals surface area (Å²) in [6, 6.07) is 0. The van der Waals surface area contributed by atoms with Crippen LogP contribution in [0.3, 0.4) is 0 Å². The summed E-state index contributed by atoms with van der Waals surface area (Å²) in [5, 5.41) is 0. The van der Waals surface area contributed by atoms with Gasteiger partial charge < -0.3 is 0 Å². The molecule has 0 aliphatic heterocycles. The summed E-state index contributed by atoms with van der Waals surface area (Å²) in [5.74, 6) is 2.06. The molecule has 0 bridgehead atoms. The molecule has 0 heteroatoms. The summed E-state index contributed by atoms with van der Waals surface area (Å²) < 4.78 is 0. The Morgan fingerprint density at radius 3 is 2.12 bits per heavy atom. The predicted molar refractivity (Wildman–Crippen MR) is 78.0 cm³/mol. The van der Waals surface area contributed by atoms with Crippen molar-refractivity contribution in [1.29, 1.82) is 0 Å². The molecule has 0 N–H and O–H groups in total. The first-order chi connectivity index (χ1) is 8.34. The maximum Gasteiger partial charge on any atom is -0.0388 e.